The number of hydrogen-bond donors (Lipinski definition) is 1. The molecule has 108 valence electrons. The van der Waals surface area contributed by atoms with E-state index in [1.165, 1.54) is 16.8 Å². The van der Waals surface area contributed by atoms with E-state index in [1.807, 2.05) is 12.1 Å². The van der Waals surface area contributed by atoms with Crippen molar-refractivity contribution in [3.05, 3.63) is 59.7 Å². The fourth-order valence-corrected chi connectivity index (χ4v) is 3.65. The molecule has 2 aliphatic rings. The fraction of sp³-hybridized carbons (Fsp3) is 0.333. The molecule has 4 rings (SSSR count). The van der Waals surface area contributed by atoms with E-state index in [9.17, 15) is 0 Å². The Bertz CT molecular complexity index is 655. The van der Waals surface area contributed by atoms with Gasteiger partial charge in [0.25, 0.3) is 0 Å². The highest BCUT2D eigenvalue weighted by Crippen LogP contribution is 2.50. The minimum Gasteiger partial charge on any atom is -0.496 e. The molecule has 2 heterocycles. The van der Waals surface area contributed by atoms with Crippen molar-refractivity contribution in [1.29, 1.82) is 0 Å². The summed E-state index contributed by atoms with van der Waals surface area (Å²) < 4.78 is 11.6. The summed E-state index contributed by atoms with van der Waals surface area (Å²) in [4.78, 5) is 0. The van der Waals surface area contributed by atoms with Crippen LogP contribution in [-0.2, 0) is 4.74 Å². The number of hydrogen-bond acceptors (Lipinski definition) is 3. The molecule has 0 radical (unpaired) electrons. The van der Waals surface area contributed by atoms with Gasteiger partial charge in [0.2, 0.25) is 0 Å². The van der Waals surface area contributed by atoms with Gasteiger partial charge in [-0.3, -0.25) is 0 Å². The predicted octanol–water partition coefficient (Wildman–Crippen LogP) is 3.94. The fourth-order valence-electron chi connectivity index (χ4n) is 3.65. The molecule has 2 aliphatic heterocycles. The summed E-state index contributed by atoms with van der Waals surface area (Å²) >= 11 is 0. The first-order valence-electron chi connectivity index (χ1n) is 7.48. The van der Waals surface area contributed by atoms with Gasteiger partial charge in [-0.25, -0.2) is 0 Å². The predicted molar refractivity (Wildman–Crippen MR) is 82.6 cm³/mol. The van der Waals surface area contributed by atoms with Crippen molar-refractivity contribution in [2.45, 2.75) is 18.6 Å². The lowest BCUT2D eigenvalue weighted by atomic mass is 9.81. The van der Waals surface area contributed by atoms with Gasteiger partial charge in [-0.2, -0.15) is 0 Å². The van der Waals surface area contributed by atoms with E-state index in [2.05, 4.69) is 41.7 Å². The average molecular weight is 281 g/mol. The topological polar surface area (TPSA) is 30.5 Å². The largest absolute Gasteiger partial charge is 0.496 e. The Morgan fingerprint density at radius 3 is 2.67 bits per heavy atom. The molecule has 3 atom stereocenters. The standard InChI is InChI=1S/C18H19NO2/c1-20-16-9-5-3-7-13(16)17-14-10-11-21-18(14)12-6-2-4-8-15(12)19-17/h2-9,14,17-19H,10-11H2,1H3/t14-,17+,18+/m1/s1. The van der Waals surface area contributed by atoms with Gasteiger partial charge in [-0.05, 0) is 18.6 Å². The maximum Gasteiger partial charge on any atom is 0.124 e. The van der Waals surface area contributed by atoms with E-state index >= 15 is 0 Å². The minimum absolute atomic E-state index is 0.192. The molecule has 2 aromatic rings. The molecule has 0 aliphatic carbocycles. The van der Waals surface area contributed by atoms with Gasteiger partial charge in [0.1, 0.15) is 5.75 Å². The maximum absolute atomic E-state index is 6.03. The first-order valence-corrected chi connectivity index (χ1v) is 7.48. The van der Waals surface area contributed by atoms with E-state index in [0.717, 1.165) is 18.8 Å². The number of rotatable bonds is 2. The Labute approximate surface area is 124 Å². The number of ether oxygens (including phenoxy) is 2. The summed E-state index contributed by atoms with van der Waals surface area (Å²) in [5.74, 6) is 1.40. The van der Waals surface area contributed by atoms with E-state index in [1.54, 1.807) is 7.11 Å². The van der Waals surface area contributed by atoms with Crippen LogP contribution in [0.15, 0.2) is 48.5 Å². The molecular weight excluding hydrogens is 262 g/mol. The SMILES string of the molecule is COc1ccccc1[C@@H]1Nc2ccccc2[C@@H]2OCC[C@H]12. The molecule has 0 amide bonds. The van der Waals surface area contributed by atoms with Gasteiger partial charge in [-0.1, -0.05) is 36.4 Å². The summed E-state index contributed by atoms with van der Waals surface area (Å²) in [6, 6.07) is 17.0. The molecule has 2 aromatic carbocycles. The second-order valence-corrected chi connectivity index (χ2v) is 5.70. The molecule has 0 spiro atoms. The number of anilines is 1. The Morgan fingerprint density at radius 2 is 1.81 bits per heavy atom. The van der Waals surface area contributed by atoms with Gasteiger partial charge in [0.05, 0.1) is 19.3 Å². The number of para-hydroxylation sites is 2. The van der Waals surface area contributed by atoms with E-state index in [4.69, 9.17) is 9.47 Å². The molecule has 1 saturated heterocycles. The number of methoxy groups -OCH3 is 1. The molecule has 3 heteroatoms. The van der Waals surface area contributed by atoms with Crippen molar-refractivity contribution >= 4 is 5.69 Å². The Balaban J connectivity index is 1.80. The monoisotopic (exact) mass is 281 g/mol. The number of nitrogens with one attached hydrogen (secondary N) is 1. The molecule has 0 unspecified atom stereocenters. The molecule has 0 aromatic heterocycles. The number of benzene rings is 2. The van der Waals surface area contributed by atoms with Gasteiger partial charge >= 0.3 is 0 Å². The van der Waals surface area contributed by atoms with Crippen LogP contribution in [0.4, 0.5) is 5.69 Å². The average Bonchev–Trinajstić information content (AvgIpc) is 3.04. The first-order chi connectivity index (χ1) is 10.4. The first kappa shape index (κ1) is 12.7. The van der Waals surface area contributed by atoms with Crippen molar-refractivity contribution in [3.8, 4) is 5.75 Å². The van der Waals surface area contributed by atoms with Crippen LogP contribution in [0, 0.1) is 5.92 Å². The molecule has 0 saturated carbocycles. The van der Waals surface area contributed by atoms with Crippen LogP contribution in [0.3, 0.4) is 0 Å². The van der Waals surface area contributed by atoms with Crippen molar-refractivity contribution in [3.63, 3.8) is 0 Å². The van der Waals surface area contributed by atoms with Gasteiger partial charge in [-0.15, -0.1) is 0 Å². The van der Waals surface area contributed by atoms with Crippen LogP contribution in [0.2, 0.25) is 0 Å². The van der Waals surface area contributed by atoms with E-state index in [0.29, 0.717) is 5.92 Å². The van der Waals surface area contributed by atoms with E-state index < -0.39 is 0 Å². The van der Waals surface area contributed by atoms with Gasteiger partial charge in [0.15, 0.2) is 0 Å². The van der Waals surface area contributed by atoms with Crippen molar-refractivity contribution in [2.24, 2.45) is 5.92 Å². The van der Waals surface area contributed by atoms with Crippen LogP contribution >= 0.6 is 0 Å². The minimum atomic E-state index is 0.192. The third-order valence-electron chi connectivity index (χ3n) is 4.62. The van der Waals surface area contributed by atoms with Crippen LogP contribution in [0.1, 0.15) is 29.7 Å². The lowest BCUT2D eigenvalue weighted by Crippen LogP contribution is -2.29. The van der Waals surface area contributed by atoms with E-state index in [-0.39, 0.29) is 12.1 Å². The summed E-state index contributed by atoms with van der Waals surface area (Å²) in [6.45, 7) is 0.830. The summed E-state index contributed by atoms with van der Waals surface area (Å²) in [5.41, 5.74) is 3.68. The molecule has 0 bridgehead atoms. The van der Waals surface area contributed by atoms with Crippen molar-refractivity contribution in [2.75, 3.05) is 19.0 Å². The maximum atomic E-state index is 6.03. The quantitative estimate of drug-likeness (QED) is 0.904. The Hall–Kier alpha value is -2.00. The number of fused-ring (bicyclic) bond motifs is 3. The second-order valence-electron chi connectivity index (χ2n) is 5.70. The molecule has 1 fully saturated rings. The van der Waals surface area contributed by atoms with Gasteiger partial charge < -0.3 is 14.8 Å². The molecule has 1 N–H and O–H groups in total. The zero-order valence-corrected chi connectivity index (χ0v) is 12.1. The third kappa shape index (κ3) is 2.00. The molecule has 3 nitrogen and oxygen atoms in total. The normalized spacial score (nSPS) is 26.6. The van der Waals surface area contributed by atoms with Crippen LogP contribution in [0.5, 0.6) is 5.75 Å². The zero-order valence-electron chi connectivity index (χ0n) is 12.1. The second kappa shape index (κ2) is 5.08. The highest BCUT2D eigenvalue weighted by molar-refractivity contribution is 5.58. The smallest absolute Gasteiger partial charge is 0.124 e. The Kier molecular flexibility index (Phi) is 3.08. The lowest BCUT2D eigenvalue weighted by Gasteiger charge is -2.36. The van der Waals surface area contributed by atoms with Crippen LogP contribution in [-0.4, -0.2) is 13.7 Å². The van der Waals surface area contributed by atoms with Gasteiger partial charge in [0, 0.05) is 29.3 Å². The third-order valence-corrected chi connectivity index (χ3v) is 4.62. The summed E-state index contributed by atoms with van der Waals surface area (Å²) in [6.07, 6.45) is 1.27. The highest BCUT2D eigenvalue weighted by atomic mass is 16.5. The zero-order chi connectivity index (χ0) is 14.2. The molecular formula is C18H19NO2. The van der Waals surface area contributed by atoms with Crippen molar-refractivity contribution < 1.29 is 9.47 Å². The lowest BCUT2D eigenvalue weighted by molar-refractivity contribution is 0.0827. The highest BCUT2D eigenvalue weighted by Gasteiger charge is 2.42. The molecule has 21 heavy (non-hydrogen) atoms. The Morgan fingerprint density at radius 1 is 1.05 bits per heavy atom. The van der Waals surface area contributed by atoms with Crippen LogP contribution < -0.4 is 10.1 Å². The van der Waals surface area contributed by atoms with Crippen molar-refractivity contribution in [1.82, 2.24) is 0 Å². The van der Waals surface area contributed by atoms with Crippen LogP contribution in [0.25, 0.3) is 0 Å². The summed E-state index contributed by atoms with van der Waals surface area (Å²) in [5, 5.41) is 3.70. The summed E-state index contributed by atoms with van der Waals surface area (Å²) in [7, 11) is 1.73.